The average Bonchev–Trinajstić information content (AvgIpc) is 2.55. The zero-order chi connectivity index (χ0) is 16.4. The molecule has 1 aliphatic heterocycles. The summed E-state index contributed by atoms with van der Waals surface area (Å²) >= 11 is 0. The van der Waals surface area contributed by atoms with Crippen LogP contribution in [0, 0.1) is 18.6 Å². The Morgan fingerprint density at radius 2 is 1.83 bits per heavy atom. The Labute approximate surface area is 134 Å². The summed E-state index contributed by atoms with van der Waals surface area (Å²) in [6.07, 6.45) is 2.71. The number of benzene rings is 2. The summed E-state index contributed by atoms with van der Waals surface area (Å²) in [4.78, 5) is 14.5. The molecule has 2 nitrogen and oxygen atoms in total. The topological polar surface area (TPSA) is 20.3 Å². The van der Waals surface area contributed by atoms with Crippen LogP contribution in [-0.2, 0) is 0 Å². The lowest BCUT2D eigenvalue weighted by Gasteiger charge is -2.36. The number of amides is 1. The van der Waals surface area contributed by atoms with Crippen molar-refractivity contribution in [3.63, 3.8) is 0 Å². The highest BCUT2D eigenvalue weighted by molar-refractivity contribution is 5.95. The lowest BCUT2D eigenvalue weighted by atomic mass is 9.94. The number of carbonyl (C=O) groups is 1. The van der Waals surface area contributed by atoms with Crippen LogP contribution in [0.2, 0.25) is 0 Å². The number of hydrogen-bond donors (Lipinski definition) is 0. The number of likely N-dealkylation sites (tertiary alicyclic amines) is 1. The third-order valence-electron chi connectivity index (χ3n) is 4.37. The van der Waals surface area contributed by atoms with Gasteiger partial charge in [-0.3, -0.25) is 4.79 Å². The molecule has 120 valence electrons. The van der Waals surface area contributed by atoms with Gasteiger partial charge in [0, 0.05) is 6.54 Å². The molecule has 0 unspecified atom stereocenters. The minimum Gasteiger partial charge on any atom is -0.332 e. The average molecular weight is 315 g/mol. The molecule has 0 spiro atoms. The van der Waals surface area contributed by atoms with Crippen molar-refractivity contribution in [2.24, 2.45) is 0 Å². The normalized spacial score (nSPS) is 18.0. The minimum absolute atomic E-state index is 0.101. The fraction of sp³-hybridized carbons (Fsp3) is 0.316. The van der Waals surface area contributed by atoms with E-state index in [-0.39, 0.29) is 23.3 Å². The monoisotopic (exact) mass is 315 g/mol. The molecule has 0 aromatic heterocycles. The number of carbonyl (C=O) groups excluding carboxylic acids is 1. The standard InChI is InChI=1S/C19H19F2NO/c1-13-5-10-16(17(21)12-13)19(23)22-11-3-2-4-18(22)14-6-8-15(20)9-7-14/h5-10,12,18H,2-4,11H2,1H3/t18-/m1/s1. The molecule has 0 aliphatic carbocycles. The Bertz CT molecular complexity index is 712. The Balaban J connectivity index is 1.91. The summed E-state index contributed by atoms with van der Waals surface area (Å²) < 4.78 is 27.3. The molecule has 2 aromatic carbocycles. The van der Waals surface area contributed by atoms with E-state index in [9.17, 15) is 13.6 Å². The molecule has 1 heterocycles. The van der Waals surface area contributed by atoms with Crippen molar-refractivity contribution >= 4 is 5.91 Å². The Morgan fingerprint density at radius 3 is 2.52 bits per heavy atom. The van der Waals surface area contributed by atoms with E-state index >= 15 is 0 Å². The summed E-state index contributed by atoms with van der Waals surface area (Å²) in [6.45, 7) is 2.38. The van der Waals surface area contributed by atoms with Crippen molar-refractivity contribution in [2.45, 2.75) is 32.2 Å². The highest BCUT2D eigenvalue weighted by atomic mass is 19.1. The first-order valence-electron chi connectivity index (χ1n) is 7.89. The van der Waals surface area contributed by atoms with E-state index in [2.05, 4.69) is 0 Å². The van der Waals surface area contributed by atoms with Crippen LogP contribution in [0.25, 0.3) is 0 Å². The van der Waals surface area contributed by atoms with Crippen molar-refractivity contribution in [3.8, 4) is 0 Å². The number of nitrogens with zero attached hydrogens (tertiary/aromatic N) is 1. The van der Waals surface area contributed by atoms with Crippen LogP contribution >= 0.6 is 0 Å². The fourth-order valence-corrected chi connectivity index (χ4v) is 3.15. The number of piperidine rings is 1. The second-order valence-corrected chi connectivity index (χ2v) is 6.04. The van der Waals surface area contributed by atoms with Gasteiger partial charge >= 0.3 is 0 Å². The van der Waals surface area contributed by atoms with Crippen molar-refractivity contribution in [1.29, 1.82) is 0 Å². The van der Waals surface area contributed by atoms with Gasteiger partial charge in [-0.25, -0.2) is 8.78 Å². The maximum absolute atomic E-state index is 14.1. The first kappa shape index (κ1) is 15.7. The van der Waals surface area contributed by atoms with Gasteiger partial charge in [-0.05, 0) is 61.6 Å². The molecule has 1 atom stereocenters. The molecule has 23 heavy (non-hydrogen) atoms. The molecular weight excluding hydrogens is 296 g/mol. The van der Waals surface area contributed by atoms with Gasteiger partial charge in [0.15, 0.2) is 0 Å². The van der Waals surface area contributed by atoms with Gasteiger partial charge < -0.3 is 4.90 Å². The predicted molar refractivity (Wildman–Crippen MR) is 85.2 cm³/mol. The van der Waals surface area contributed by atoms with Gasteiger partial charge in [0.2, 0.25) is 0 Å². The molecule has 1 fully saturated rings. The van der Waals surface area contributed by atoms with Crippen molar-refractivity contribution < 1.29 is 13.6 Å². The largest absolute Gasteiger partial charge is 0.332 e. The first-order chi connectivity index (χ1) is 11.1. The summed E-state index contributed by atoms with van der Waals surface area (Å²) in [7, 11) is 0. The van der Waals surface area contributed by atoms with Crippen LogP contribution in [0.15, 0.2) is 42.5 Å². The molecule has 1 aliphatic rings. The van der Waals surface area contributed by atoms with Gasteiger partial charge in [0.05, 0.1) is 11.6 Å². The van der Waals surface area contributed by atoms with Gasteiger partial charge in [-0.1, -0.05) is 18.2 Å². The molecule has 0 N–H and O–H groups in total. The van der Waals surface area contributed by atoms with Crippen LogP contribution in [0.3, 0.4) is 0 Å². The van der Waals surface area contributed by atoms with Crippen LogP contribution in [-0.4, -0.2) is 17.4 Å². The number of aryl methyl sites for hydroxylation is 1. The fourth-order valence-electron chi connectivity index (χ4n) is 3.15. The zero-order valence-electron chi connectivity index (χ0n) is 13.1. The second kappa shape index (κ2) is 6.49. The highest BCUT2D eigenvalue weighted by Gasteiger charge is 2.29. The van der Waals surface area contributed by atoms with Gasteiger partial charge in [0.1, 0.15) is 11.6 Å². The summed E-state index contributed by atoms with van der Waals surface area (Å²) in [5.74, 6) is -1.08. The highest BCUT2D eigenvalue weighted by Crippen LogP contribution is 2.32. The third kappa shape index (κ3) is 3.26. The minimum atomic E-state index is -0.488. The number of hydrogen-bond acceptors (Lipinski definition) is 1. The van der Waals surface area contributed by atoms with Crippen LogP contribution in [0.1, 0.15) is 46.8 Å². The van der Waals surface area contributed by atoms with E-state index in [0.29, 0.717) is 6.54 Å². The molecule has 0 radical (unpaired) electrons. The SMILES string of the molecule is Cc1ccc(C(=O)N2CCCC[C@@H]2c2ccc(F)cc2)c(F)c1. The van der Waals surface area contributed by atoms with Crippen molar-refractivity contribution in [2.75, 3.05) is 6.54 Å². The zero-order valence-corrected chi connectivity index (χ0v) is 13.1. The molecule has 2 aromatic rings. The summed E-state index contributed by atoms with van der Waals surface area (Å²) in [6, 6.07) is 10.8. The molecule has 4 heteroatoms. The van der Waals surface area contributed by atoms with E-state index in [1.807, 2.05) is 0 Å². The first-order valence-corrected chi connectivity index (χ1v) is 7.89. The maximum Gasteiger partial charge on any atom is 0.257 e. The van der Waals surface area contributed by atoms with E-state index in [1.54, 1.807) is 36.1 Å². The maximum atomic E-state index is 14.1. The summed E-state index contributed by atoms with van der Waals surface area (Å²) in [5, 5.41) is 0. The van der Waals surface area contributed by atoms with E-state index in [0.717, 1.165) is 30.4 Å². The third-order valence-corrected chi connectivity index (χ3v) is 4.37. The lowest BCUT2D eigenvalue weighted by Crippen LogP contribution is -2.38. The van der Waals surface area contributed by atoms with Gasteiger partial charge in [-0.15, -0.1) is 0 Å². The van der Waals surface area contributed by atoms with Gasteiger partial charge in [-0.2, -0.15) is 0 Å². The van der Waals surface area contributed by atoms with Crippen LogP contribution < -0.4 is 0 Å². The quantitative estimate of drug-likeness (QED) is 0.790. The predicted octanol–water partition coefficient (Wildman–Crippen LogP) is 4.64. The lowest BCUT2D eigenvalue weighted by molar-refractivity contribution is 0.0606. The number of halogens is 2. The van der Waals surface area contributed by atoms with E-state index < -0.39 is 5.82 Å². The van der Waals surface area contributed by atoms with E-state index in [1.165, 1.54) is 18.2 Å². The molecule has 1 saturated heterocycles. The molecule has 0 bridgehead atoms. The van der Waals surface area contributed by atoms with Crippen molar-refractivity contribution in [3.05, 3.63) is 70.8 Å². The Hall–Kier alpha value is -2.23. The summed E-state index contributed by atoms with van der Waals surface area (Å²) in [5.41, 5.74) is 1.78. The Morgan fingerprint density at radius 1 is 1.09 bits per heavy atom. The van der Waals surface area contributed by atoms with Gasteiger partial charge in [0.25, 0.3) is 5.91 Å². The van der Waals surface area contributed by atoms with Crippen molar-refractivity contribution in [1.82, 2.24) is 4.90 Å². The molecule has 0 saturated carbocycles. The molecule has 1 amide bonds. The Kier molecular flexibility index (Phi) is 4.42. The molecule has 3 rings (SSSR count). The van der Waals surface area contributed by atoms with E-state index in [4.69, 9.17) is 0 Å². The molecular formula is C19H19F2NO. The smallest absolute Gasteiger partial charge is 0.257 e. The van der Waals surface area contributed by atoms with Crippen LogP contribution in [0.5, 0.6) is 0 Å². The number of rotatable bonds is 2. The second-order valence-electron chi connectivity index (χ2n) is 6.04. The van der Waals surface area contributed by atoms with Crippen LogP contribution in [0.4, 0.5) is 8.78 Å².